The average molecular weight is 465 g/mol. The molecule has 0 radical (unpaired) electrons. The standard InChI is InChI=1S/C24H18BrFN2O2/c1-14-10-11-16(12-15(14)2)21-22(27-18-7-5-6-17(25)13-18)24(30)28(23(21)29)20-9-4-3-8-19(20)26/h3-13,27H,1-2H3. The van der Waals surface area contributed by atoms with E-state index in [1.807, 2.05) is 38.1 Å². The molecule has 0 aliphatic carbocycles. The molecule has 0 saturated heterocycles. The first kappa shape index (κ1) is 20.0. The minimum absolute atomic E-state index is 0.0696. The van der Waals surface area contributed by atoms with Gasteiger partial charge in [-0.3, -0.25) is 9.59 Å². The van der Waals surface area contributed by atoms with E-state index < -0.39 is 17.6 Å². The van der Waals surface area contributed by atoms with Crippen LogP contribution in [0.4, 0.5) is 15.8 Å². The molecular formula is C24H18BrFN2O2. The Hall–Kier alpha value is -3.25. The Morgan fingerprint density at radius 2 is 1.63 bits per heavy atom. The van der Waals surface area contributed by atoms with Gasteiger partial charge in [0.15, 0.2) is 0 Å². The summed E-state index contributed by atoms with van der Waals surface area (Å²) in [5, 5.41) is 3.08. The summed E-state index contributed by atoms with van der Waals surface area (Å²) in [4.78, 5) is 27.6. The Morgan fingerprint density at radius 3 is 2.33 bits per heavy atom. The van der Waals surface area contributed by atoms with Gasteiger partial charge in [0.2, 0.25) is 0 Å². The van der Waals surface area contributed by atoms with Gasteiger partial charge in [-0.2, -0.15) is 0 Å². The van der Waals surface area contributed by atoms with Crippen molar-refractivity contribution in [2.75, 3.05) is 10.2 Å². The summed E-state index contributed by atoms with van der Waals surface area (Å²) in [6, 6.07) is 18.6. The van der Waals surface area contributed by atoms with Crippen LogP contribution in [0, 0.1) is 19.7 Å². The van der Waals surface area contributed by atoms with Gasteiger partial charge in [-0.05, 0) is 60.9 Å². The molecular weight excluding hydrogens is 447 g/mol. The molecule has 150 valence electrons. The number of benzene rings is 3. The molecule has 3 aromatic carbocycles. The van der Waals surface area contributed by atoms with Gasteiger partial charge in [0, 0.05) is 10.2 Å². The maximum absolute atomic E-state index is 14.5. The zero-order chi connectivity index (χ0) is 21.4. The lowest BCUT2D eigenvalue weighted by molar-refractivity contribution is -0.120. The van der Waals surface area contributed by atoms with E-state index in [0.717, 1.165) is 20.5 Å². The summed E-state index contributed by atoms with van der Waals surface area (Å²) in [5.41, 5.74) is 3.57. The van der Waals surface area contributed by atoms with Crippen molar-refractivity contribution in [3.63, 3.8) is 0 Å². The third-order valence-corrected chi connectivity index (χ3v) is 5.56. The van der Waals surface area contributed by atoms with E-state index >= 15 is 0 Å². The maximum Gasteiger partial charge on any atom is 0.282 e. The molecule has 30 heavy (non-hydrogen) atoms. The van der Waals surface area contributed by atoms with Crippen molar-refractivity contribution >= 4 is 44.7 Å². The van der Waals surface area contributed by atoms with Crippen molar-refractivity contribution in [2.24, 2.45) is 0 Å². The molecule has 0 unspecified atom stereocenters. The number of hydrogen-bond donors (Lipinski definition) is 1. The van der Waals surface area contributed by atoms with Crippen LogP contribution in [0.25, 0.3) is 5.57 Å². The van der Waals surface area contributed by atoms with E-state index in [4.69, 9.17) is 0 Å². The topological polar surface area (TPSA) is 49.4 Å². The van der Waals surface area contributed by atoms with Crippen LogP contribution in [-0.2, 0) is 9.59 Å². The van der Waals surface area contributed by atoms with Crippen LogP contribution in [0.15, 0.2) is 76.9 Å². The molecule has 1 aliphatic rings. The van der Waals surface area contributed by atoms with E-state index in [2.05, 4.69) is 21.2 Å². The number of carbonyl (C=O) groups is 2. The molecule has 6 heteroatoms. The van der Waals surface area contributed by atoms with E-state index in [1.165, 1.54) is 18.2 Å². The Bertz CT molecular complexity index is 1220. The molecule has 1 heterocycles. The van der Waals surface area contributed by atoms with Crippen LogP contribution >= 0.6 is 15.9 Å². The van der Waals surface area contributed by atoms with Crippen molar-refractivity contribution in [1.29, 1.82) is 0 Å². The Balaban J connectivity index is 1.87. The number of para-hydroxylation sites is 1. The Labute approximate surface area is 182 Å². The highest BCUT2D eigenvalue weighted by molar-refractivity contribution is 9.10. The molecule has 0 aromatic heterocycles. The third kappa shape index (κ3) is 3.55. The van der Waals surface area contributed by atoms with Crippen molar-refractivity contribution in [3.05, 3.63) is 99.4 Å². The van der Waals surface area contributed by atoms with Gasteiger partial charge in [-0.1, -0.05) is 52.3 Å². The van der Waals surface area contributed by atoms with Gasteiger partial charge < -0.3 is 5.32 Å². The van der Waals surface area contributed by atoms with Crippen molar-refractivity contribution in [3.8, 4) is 0 Å². The third-order valence-electron chi connectivity index (χ3n) is 5.07. The second-order valence-corrected chi connectivity index (χ2v) is 8.00. The molecule has 1 aliphatic heterocycles. The minimum Gasteiger partial charge on any atom is -0.350 e. The number of carbonyl (C=O) groups excluding carboxylic acids is 2. The maximum atomic E-state index is 14.5. The minimum atomic E-state index is -0.637. The average Bonchev–Trinajstić information content (AvgIpc) is 2.94. The number of rotatable bonds is 4. The van der Waals surface area contributed by atoms with E-state index in [9.17, 15) is 14.0 Å². The molecule has 0 bridgehead atoms. The fourth-order valence-corrected chi connectivity index (χ4v) is 3.77. The second kappa shape index (κ2) is 7.88. The number of nitrogens with zero attached hydrogens (tertiary/aromatic N) is 1. The van der Waals surface area contributed by atoms with Gasteiger partial charge in [0.25, 0.3) is 11.8 Å². The second-order valence-electron chi connectivity index (χ2n) is 7.08. The van der Waals surface area contributed by atoms with Gasteiger partial charge in [0.05, 0.1) is 11.3 Å². The number of imide groups is 1. The van der Waals surface area contributed by atoms with E-state index in [-0.39, 0.29) is 17.0 Å². The van der Waals surface area contributed by atoms with Gasteiger partial charge in [-0.25, -0.2) is 9.29 Å². The number of halogens is 2. The summed E-state index contributed by atoms with van der Waals surface area (Å²) >= 11 is 3.41. The smallest absolute Gasteiger partial charge is 0.282 e. The molecule has 0 fully saturated rings. The molecule has 4 nitrogen and oxygen atoms in total. The van der Waals surface area contributed by atoms with Crippen molar-refractivity contribution in [2.45, 2.75) is 13.8 Å². The molecule has 3 aromatic rings. The lowest BCUT2D eigenvalue weighted by Gasteiger charge is -2.16. The van der Waals surface area contributed by atoms with E-state index in [1.54, 1.807) is 24.3 Å². The highest BCUT2D eigenvalue weighted by Crippen LogP contribution is 2.35. The Morgan fingerprint density at radius 1 is 0.867 bits per heavy atom. The first-order valence-electron chi connectivity index (χ1n) is 9.34. The zero-order valence-electron chi connectivity index (χ0n) is 16.4. The lowest BCUT2D eigenvalue weighted by atomic mass is 9.99. The van der Waals surface area contributed by atoms with Crippen LogP contribution in [-0.4, -0.2) is 11.8 Å². The first-order valence-corrected chi connectivity index (χ1v) is 10.1. The monoisotopic (exact) mass is 464 g/mol. The largest absolute Gasteiger partial charge is 0.350 e. The molecule has 0 spiro atoms. The van der Waals surface area contributed by atoms with Crippen LogP contribution < -0.4 is 10.2 Å². The number of anilines is 2. The Kier molecular flexibility index (Phi) is 5.26. The molecule has 2 amide bonds. The fourth-order valence-electron chi connectivity index (χ4n) is 3.37. The molecule has 0 saturated carbocycles. The summed E-state index contributed by atoms with van der Waals surface area (Å²) in [6.07, 6.45) is 0. The summed E-state index contributed by atoms with van der Waals surface area (Å²) in [5.74, 6) is -1.80. The summed E-state index contributed by atoms with van der Waals surface area (Å²) in [6.45, 7) is 3.91. The predicted octanol–water partition coefficient (Wildman–Crippen LogP) is 5.60. The van der Waals surface area contributed by atoms with Gasteiger partial charge in [0.1, 0.15) is 11.5 Å². The van der Waals surface area contributed by atoms with Crippen LogP contribution in [0.2, 0.25) is 0 Å². The molecule has 4 rings (SSSR count). The van der Waals surface area contributed by atoms with E-state index in [0.29, 0.717) is 11.3 Å². The first-order chi connectivity index (χ1) is 14.4. The molecule has 0 atom stereocenters. The number of aryl methyl sites for hydroxylation is 2. The van der Waals surface area contributed by atoms with Crippen LogP contribution in [0.3, 0.4) is 0 Å². The number of nitrogens with one attached hydrogen (secondary N) is 1. The zero-order valence-corrected chi connectivity index (χ0v) is 18.0. The quantitative estimate of drug-likeness (QED) is 0.511. The fraction of sp³-hybridized carbons (Fsp3) is 0.0833. The normalized spacial score (nSPS) is 13.9. The highest BCUT2D eigenvalue weighted by atomic mass is 79.9. The molecule has 1 N–H and O–H groups in total. The predicted molar refractivity (Wildman–Crippen MR) is 119 cm³/mol. The number of amides is 2. The summed E-state index contributed by atoms with van der Waals surface area (Å²) in [7, 11) is 0. The highest BCUT2D eigenvalue weighted by Gasteiger charge is 2.41. The van der Waals surface area contributed by atoms with Crippen LogP contribution in [0.5, 0.6) is 0 Å². The summed E-state index contributed by atoms with van der Waals surface area (Å²) < 4.78 is 15.3. The van der Waals surface area contributed by atoms with Crippen LogP contribution in [0.1, 0.15) is 16.7 Å². The van der Waals surface area contributed by atoms with Gasteiger partial charge in [-0.15, -0.1) is 0 Å². The lowest BCUT2D eigenvalue weighted by Crippen LogP contribution is -2.33. The van der Waals surface area contributed by atoms with Crippen molar-refractivity contribution < 1.29 is 14.0 Å². The SMILES string of the molecule is Cc1ccc(C2=C(Nc3cccc(Br)c3)C(=O)N(c3ccccc3F)C2=O)cc1C. The van der Waals surface area contributed by atoms with Gasteiger partial charge >= 0.3 is 0 Å². The number of hydrogen-bond acceptors (Lipinski definition) is 3. The van der Waals surface area contributed by atoms with Crippen molar-refractivity contribution in [1.82, 2.24) is 0 Å².